The predicted molar refractivity (Wildman–Crippen MR) is 94.4 cm³/mol. The van der Waals surface area contributed by atoms with Crippen molar-refractivity contribution >= 4 is 17.5 Å². The largest absolute Gasteiger partial charge is 0.383 e. The average molecular weight is 326 g/mol. The van der Waals surface area contributed by atoms with Gasteiger partial charge in [-0.15, -0.1) is 0 Å². The molecular formula is C19H22N2O3. The summed E-state index contributed by atoms with van der Waals surface area (Å²) >= 11 is 0. The number of nitrogens with two attached hydrogens (primary N) is 1. The molecule has 0 aliphatic carbocycles. The molecule has 2 aromatic carbocycles. The maximum Gasteiger partial charge on any atom is 0.258 e. The van der Waals surface area contributed by atoms with E-state index in [-0.39, 0.29) is 5.91 Å². The molecule has 2 N–H and O–H groups in total. The summed E-state index contributed by atoms with van der Waals surface area (Å²) in [5.74, 6) is -0.750. The van der Waals surface area contributed by atoms with Crippen molar-refractivity contribution in [2.24, 2.45) is 5.73 Å². The fraction of sp³-hybridized carbons (Fsp3) is 0.263. The van der Waals surface area contributed by atoms with Gasteiger partial charge in [0, 0.05) is 19.2 Å². The Kier molecular flexibility index (Phi) is 5.71. The zero-order chi connectivity index (χ0) is 17.7. The zero-order valence-electron chi connectivity index (χ0n) is 14.2. The predicted octanol–water partition coefficient (Wildman–Crippen LogP) is 2.70. The fourth-order valence-corrected chi connectivity index (χ4v) is 2.63. The van der Waals surface area contributed by atoms with Crippen LogP contribution in [0.25, 0.3) is 0 Å². The van der Waals surface area contributed by atoms with Crippen molar-refractivity contribution in [1.29, 1.82) is 0 Å². The number of rotatable bonds is 6. The lowest BCUT2D eigenvalue weighted by Gasteiger charge is -2.25. The van der Waals surface area contributed by atoms with Crippen LogP contribution in [0, 0.1) is 13.8 Å². The number of benzene rings is 2. The van der Waals surface area contributed by atoms with Crippen LogP contribution in [-0.2, 0) is 4.74 Å². The summed E-state index contributed by atoms with van der Waals surface area (Å²) in [6.07, 6.45) is 0. The van der Waals surface area contributed by atoms with E-state index in [0.717, 1.165) is 11.1 Å². The maximum absolute atomic E-state index is 13.1. The Morgan fingerprint density at radius 2 is 1.79 bits per heavy atom. The fourth-order valence-electron chi connectivity index (χ4n) is 2.63. The van der Waals surface area contributed by atoms with Gasteiger partial charge in [0.2, 0.25) is 0 Å². The highest BCUT2D eigenvalue weighted by Gasteiger charge is 2.22. The SMILES string of the molecule is COCCN(C(=O)c1ccc(C)cc1C)c1ccccc1C(N)=O. The first-order chi connectivity index (χ1) is 11.5. The smallest absolute Gasteiger partial charge is 0.258 e. The van der Waals surface area contributed by atoms with E-state index >= 15 is 0 Å². The number of methoxy groups -OCH3 is 1. The summed E-state index contributed by atoms with van der Waals surface area (Å²) in [5, 5.41) is 0. The number of amides is 2. The first-order valence-electron chi connectivity index (χ1n) is 7.72. The van der Waals surface area contributed by atoms with Gasteiger partial charge in [-0.3, -0.25) is 9.59 Å². The van der Waals surface area contributed by atoms with Gasteiger partial charge in [0.1, 0.15) is 0 Å². The third-order valence-electron chi connectivity index (χ3n) is 3.84. The summed E-state index contributed by atoms with van der Waals surface area (Å²) in [5.41, 5.74) is 8.84. The van der Waals surface area contributed by atoms with Crippen LogP contribution in [0.1, 0.15) is 31.8 Å². The number of carbonyl (C=O) groups is 2. The number of carbonyl (C=O) groups excluding carboxylic acids is 2. The molecule has 126 valence electrons. The summed E-state index contributed by atoms with van der Waals surface area (Å²) in [6, 6.07) is 12.5. The van der Waals surface area contributed by atoms with E-state index in [1.54, 1.807) is 42.3 Å². The molecule has 0 radical (unpaired) electrons. The van der Waals surface area contributed by atoms with Gasteiger partial charge in [-0.1, -0.05) is 29.8 Å². The molecule has 2 amide bonds. The number of hydrogen-bond acceptors (Lipinski definition) is 3. The van der Waals surface area contributed by atoms with Crippen molar-refractivity contribution < 1.29 is 14.3 Å². The third-order valence-corrected chi connectivity index (χ3v) is 3.84. The van der Waals surface area contributed by atoms with Crippen molar-refractivity contribution in [2.75, 3.05) is 25.2 Å². The van der Waals surface area contributed by atoms with E-state index in [9.17, 15) is 9.59 Å². The van der Waals surface area contributed by atoms with Crippen molar-refractivity contribution in [3.05, 3.63) is 64.7 Å². The normalized spacial score (nSPS) is 10.5. The molecular weight excluding hydrogens is 304 g/mol. The summed E-state index contributed by atoms with van der Waals surface area (Å²) in [6.45, 7) is 4.55. The Morgan fingerprint density at radius 3 is 2.42 bits per heavy atom. The molecule has 0 fully saturated rings. The minimum Gasteiger partial charge on any atom is -0.383 e. The number of nitrogens with zero attached hydrogens (tertiary/aromatic N) is 1. The Bertz CT molecular complexity index is 756. The first kappa shape index (κ1) is 17.7. The molecule has 2 aromatic rings. The van der Waals surface area contributed by atoms with Crippen LogP contribution < -0.4 is 10.6 Å². The van der Waals surface area contributed by atoms with Crippen LogP contribution in [0.3, 0.4) is 0 Å². The molecule has 0 heterocycles. The van der Waals surface area contributed by atoms with Gasteiger partial charge < -0.3 is 15.4 Å². The molecule has 0 spiro atoms. The molecule has 0 aliphatic heterocycles. The van der Waals surface area contributed by atoms with Gasteiger partial charge in [0.15, 0.2) is 0 Å². The van der Waals surface area contributed by atoms with E-state index in [4.69, 9.17) is 10.5 Å². The van der Waals surface area contributed by atoms with Gasteiger partial charge in [0.25, 0.3) is 11.8 Å². The number of para-hydroxylation sites is 1. The number of primary amides is 1. The van der Waals surface area contributed by atoms with Gasteiger partial charge in [-0.2, -0.15) is 0 Å². The highest BCUT2D eigenvalue weighted by atomic mass is 16.5. The van der Waals surface area contributed by atoms with Gasteiger partial charge in [0.05, 0.1) is 17.9 Å². The van der Waals surface area contributed by atoms with E-state index in [1.165, 1.54) is 0 Å². The van der Waals surface area contributed by atoms with Crippen molar-refractivity contribution in [3.63, 3.8) is 0 Å². The molecule has 0 aromatic heterocycles. The van der Waals surface area contributed by atoms with E-state index in [2.05, 4.69) is 0 Å². The monoisotopic (exact) mass is 326 g/mol. The second kappa shape index (κ2) is 7.75. The molecule has 5 nitrogen and oxygen atoms in total. The Hall–Kier alpha value is -2.66. The number of hydrogen-bond donors (Lipinski definition) is 1. The topological polar surface area (TPSA) is 72.6 Å². The molecule has 5 heteroatoms. The molecule has 24 heavy (non-hydrogen) atoms. The minimum atomic E-state index is -0.568. The zero-order valence-corrected chi connectivity index (χ0v) is 14.2. The van der Waals surface area contributed by atoms with Gasteiger partial charge in [-0.25, -0.2) is 0 Å². The Balaban J connectivity index is 2.49. The quantitative estimate of drug-likeness (QED) is 0.887. The molecule has 0 saturated heterocycles. The molecule has 2 rings (SSSR count). The standard InChI is InChI=1S/C19H22N2O3/c1-13-8-9-15(14(2)12-13)19(23)21(10-11-24-3)17-7-5-4-6-16(17)18(20)22/h4-9,12H,10-11H2,1-3H3,(H2,20,22). The van der Waals surface area contributed by atoms with Crippen LogP contribution in [0.2, 0.25) is 0 Å². The average Bonchev–Trinajstić information content (AvgIpc) is 2.55. The molecule has 0 aliphatic rings. The molecule has 0 atom stereocenters. The van der Waals surface area contributed by atoms with Gasteiger partial charge in [-0.05, 0) is 37.6 Å². The molecule has 0 bridgehead atoms. The second-order valence-electron chi connectivity index (χ2n) is 5.65. The number of ether oxygens (including phenoxy) is 1. The first-order valence-corrected chi connectivity index (χ1v) is 7.72. The maximum atomic E-state index is 13.1. The Morgan fingerprint density at radius 1 is 1.08 bits per heavy atom. The molecule has 0 unspecified atom stereocenters. The van der Waals surface area contributed by atoms with Crippen LogP contribution in [0.5, 0.6) is 0 Å². The van der Waals surface area contributed by atoms with Gasteiger partial charge >= 0.3 is 0 Å². The summed E-state index contributed by atoms with van der Waals surface area (Å²) in [4.78, 5) is 26.3. The summed E-state index contributed by atoms with van der Waals surface area (Å²) < 4.78 is 5.12. The van der Waals surface area contributed by atoms with Crippen LogP contribution in [0.4, 0.5) is 5.69 Å². The Labute approximate surface area is 142 Å². The highest BCUT2D eigenvalue weighted by Crippen LogP contribution is 2.23. The summed E-state index contributed by atoms with van der Waals surface area (Å²) in [7, 11) is 1.57. The lowest BCUT2D eigenvalue weighted by molar-refractivity contribution is 0.0975. The van der Waals surface area contributed by atoms with E-state index in [0.29, 0.717) is 30.0 Å². The van der Waals surface area contributed by atoms with Crippen molar-refractivity contribution in [3.8, 4) is 0 Å². The van der Waals surface area contributed by atoms with E-state index < -0.39 is 5.91 Å². The van der Waals surface area contributed by atoms with Crippen LogP contribution in [-0.4, -0.2) is 32.1 Å². The van der Waals surface area contributed by atoms with Crippen molar-refractivity contribution in [1.82, 2.24) is 0 Å². The lowest BCUT2D eigenvalue weighted by atomic mass is 10.0. The van der Waals surface area contributed by atoms with Crippen LogP contribution in [0.15, 0.2) is 42.5 Å². The van der Waals surface area contributed by atoms with Crippen molar-refractivity contribution in [2.45, 2.75) is 13.8 Å². The number of anilines is 1. The number of aryl methyl sites for hydroxylation is 2. The lowest BCUT2D eigenvalue weighted by Crippen LogP contribution is -2.36. The third kappa shape index (κ3) is 3.81. The highest BCUT2D eigenvalue weighted by molar-refractivity contribution is 6.10. The molecule has 0 saturated carbocycles. The minimum absolute atomic E-state index is 0.182. The van der Waals surface area contributed by atoms with Crippen LogP contribution >= 0.6 is 0 Å². The second-order valence-corrected chi connectivity index (χ2v) is 5.65. The van der Waals surface area contributed by atoms with E-state index in [1.807, 2.05) is 26.0 Å².